The predicted molar refractivity (Wildman–Crippen MR) is 82.4 cm³/mol. The molecule has 0 heterocycles. The quantitative estimate of drug-likeness (QED) is 0.816. The van der Waals surface area contributed by atoms with Crippen LogP contribution in [0.1, 0.15) is 11.1 Å². The zero-order valence-corrected chi connectivity index (χ0v) is 12.1. The van der Waals surface area contributed by atoms with Crippen molar-refractivity contribution in [3.63, 3.8) is 0 Å². The number of nitrogens with two attached hydrogens (primary N) is 2. The summed E-state index contributed by atoms with van der Waals surface area (Å²) < 4.78 is 0. The van der Waals surface area contributed by atoms with Gasteiger partial charge in [-0.05, 0) is 35.4 Å². The predicted octanol–water partition coefficient (Wildman–Crippen LogP) is 2.99. The molecular formula is C15H14Cl2N2O. The molecule has 0 spiro atoms. The van der Waals surface area contributed by atoms with Gasteiger partial charge < -0.3 is 16.6 Å². The molecule has 104 valence electrons. The summed E-state index contributed by atoms with van der Waals surface area (Å²) in [4.78, 5) is 0. The summed E-state index contributed by atoms with van der Waals surface area (Å²) in [5, 5.41) is 12.2. The Hall–Kier alpha value is -1.68. The molecular weight excluding hydrogens is 295 g/mol. The highest BCUT2D eigenvalue weighted by molar-refractivity contribution is 6.30. The normalized spacial score (nSPS) is 12.4. The number of hydrogen-bond acceptors (Lipinski definition) is 3. The average Bonchev–Trinajstić information content (AvgIpc) is 2.47. The Morgan fingerprint density at radius 1 is 0.900 bits per heavy atom. The van der Waals surface area contributed by atoms with Gasteiger partial charge in [-0.2, -0.15) is 0 Å². The lowest BCUT2D eigenvalue weighted by Gasteiger charge is -2.29. The molecule has 0 fully saturated rings. The molecule has 0 saturated carbocycles. The van der Waals surface area contributed by atoms with Crippen molar-refractivity contribution in [3.8, 4) is 0 Å². The molecule has 2 aromatic rings. The van der Waals surface area contributed by atoms with E-state index in [1.54, 1.807) is 48.5 Å². The van der Waals surface area contributed by atoms with E-state index in [0.717, 1.165) is 0 Å². The number of hydrogen-bond donors (Lipinski definition) is 3. The van der Waals surface area contributed by atoms with E-state index >= 15 is 0 Å². The van der Waals surface area contributed by atoms with E-state index in [2.05, 4.69) is 0 Å². The Morgan fingerprint density at radius 2 is 1.25 bits per heavy atom. The van der Waals surface area contributed by atoms with Crippen molar-refractivity contribution in [2.75, 3.05) is 0 Å². The Kier molecular flexibility index (Phi) is 4.23. The number of benzene rings is 2. The van der Waals surface area contributed by atoms with Gasteiger partial charge in [0.15, 0.2) is 5.60 Å². The first-order chi connectivity index (χ1) is 9.48. The Bertz CT molecular complexity index is 576. The molecule has 0 bridgehead atoms. The van der Waals surface area contributed by atoms with Crippen LogP contribution in [-0.4, -0.2) is 5.11 Å². The molecule has 5 N–H and O–H groups in total. The molecule has 20 heavy (non-hydrogen) atoms. The SMILES string of the molecule is N/C=C(\N)C(O)(c1ccc(Cl)cc1)c1ccc(Cl)cc1. The van der Waals surface area contributed by atoms with Crippen LogP contribution in [0.2, 0.25) is 10.0 Å². The Labute approximate surface area is 127 Å². The minimum Gasteiger partial charge on any atom is -0.403 e. The first kappa shape index (κ1) is 14.7. The van der Waals surface area contributed by atoms with Gasteiger partial charge >= 0.3 is 0 Å². The lowest BCUT2D eigenvalue weighted by molar-refractivity contribution is 0.119. The van der Waals surface area contributed by atoms with Gasteiger partial charge in [0.1, 0.15) is 0 Å². The van der Waals surface area contributed by atoms with E-state index in [9.17, 15) is 5.11 Å². The molecule has 0 saturated heterocycles. The van der Waals surface area contributed by atoms with Crippen LogP contribution in [0.25, 0.3) is 0 Å². The number of halogens is 2. The summed E-state index contributed by atoms with van der Waals surface area (Å²) in [5.41, 5.74) is 11.2. The molecule has 0 aliphatic heterocycles. The molecule has 0 amide bonds. The maximum absolute atomic E-state index is 11.0. The van der Waals surface area contributed by atoms with Crippen LogP contribution < -0.4 is 11.5 Å². The van der Waals surface area contributed by atoms with E-state index < -0.39 is 5.60 Å². The van der Waals surface area contributed by atoms with Crippen LogP contribution >= 0.6 is 23.2 Å². The van der Waals surface area contributed by atoms with E-state index in [-0.39, 0.29) is 5.70 Å². The van der Waals surface area contributed by atoms with Crippen LogP contribution in [0, 0.1) is 0 Å². The Balaban J connectivity index is 2.62. The van der Waals surface area contributed by atoms with Gasteiger partial charge in [0.25, 0.3) is 0 Å². The van der Waals surface area contributed by atoms with Gasteiger partial charge in [0, 0.05) is 16.2 Å². The highest BCUT2D eigenvalue weighted by Gasteiger charge is 2.34. The Morgan fingerprint density at radius 3 is 1.55 bits per heavy atom. The summed E-state index contributed by atoms with van der Waals surface area (Å²) in [6.45, 7) is 0. The van der Waals surface area contributed by atoms with E-state index in [1.165, 1.54) is 6.20 Å². The molecule has 2 rings (SSSR count). The van der Waals surface area contributed by atoms with Gasteiger partial charge in [-0.3, -0.25) is 0 Å². The van der Waals surface area contributed by atoms with Gasteiger partial charge in [-0.15, -0.1) is 0 Å². The second-order valence-corrected chi connectivity index (χ2v) is 5.22. The van der Waals surface area contributed by atoms with Crippen molar-refractivity contribution in [1.82, 2.24) is 0 Å². The second kappa shape index (κ2) is 5.75. The summed E-state index contributed by atoms with van der Waals surface area (Å²) in [6.07, 6.45) is 1.18. The van der Waals surface area contributed by atoms with Crippen molar-refractivity contribution >= 4 is 23.2 Å². The standard InChI is InChI=1S/C15H14Cl2N2O/c16-12-5-1-10(2-6-12)15(20,14(19)9-18)11-3-7-13(17)8-4-11/h1-9,20H,18-19H2/b14-9-. The lowest BCUT2D eigenvalue weighted by atomic mass is 9.84. The second-order valence-electron chi connectivity index (χ2n) is 4.35. The molecule has 5 heteroatoms. The molecule has 2 aromatic carbocycles. The summed E-state index contributed by atoms with van der Waals surface area (Å²) >= 11 is 11.7. The third-order valence-corrected chi connectivity index (χ3v) is 3.63. The van der Waals surface area contributed by atoms with Gasteiger partial charge in [-0.25, -0.2) is 0 Å². The highest BCUT2D eigenvalue weighted by Crippen LogP contribution is 2.35. The van der Waals surface area contributed by atoms with Crippen LogP contribution in [0.15, 0.2) is 60.4 Å². The first-order valence-corrected chi connectivity index (χ1v) is 6.66. The van der Waals surface area contributed by atoms with Crippen LogP contribution in [-0.2, 0) is 5.60 Å². The monoisotopic (exact) mass is 308 g/mol. The average molecular weight is 309 g/mol. The zero-order valence-electron chi connectivity index (χ0n) is 10.6. The van der Waals surface area contributed by atoms with Crippen LogP contribution in [0.4, 0.5) is 0 Å². The van der Waals surface area contributed by atoms with E-state index in [0.29, 0.717) is 21.2 Å². The topological polar surface area (TPSA) is 72.3 Å². The largest absolute Gasteiger partial charge is 0.403 e. The third kappa shape index (κ3) is 2.61. The summed E-state index contributed by atoms with van der Waals surface area (Å²) in [5.74, 6) is 0. The fraction of sp³-hybridized carbons (Fsp3) is 0.0667. The maximum atomic E-state index is 11.0. The number of rotatable bonds is 3. The minimum absolute atomic E-state index is 0.127. The van der Waals surface area contributed by atoms with E-state index in [1.807, 2.05) is 0 Å². The van der Waals surface area contributed by atoms with Crippen LogP contribution in [0.3, 0.4) is 0 Å². The molecule has 0 aromatic heterocycles. The van der Waals surface area contributed by atoms with Crippen molar-refractivity contribution < 1.29 is 5.11 Å². The van der Waals surface area contributed by atoms with Crippen molar-refractivity contribution in [2.24, 2.45) is 11.5 Å². The lowest BCUT2D eigenvalue weighted by Crippen LogP contribution is -2.34. The molecule has 0 unspecified atom stereocenters. The first-order valence-electron chi connectivity index (χ1n) is 5.90. The fourth-order valence-corrected chi connectivity index (χ4v) is 2.25. The molecule has 0 aliphatic rings. The van der Waals surface area contributed by atoms with Crippen molar-refractivity contribution in [2.45, 2.75) is 5.60 Å². The van der Waals surface area contributed by atoms with Gasteiger partial charge in [-0.1, -0.05) is 47.5 Å². The van der Waals surface area contributed by atoms with E-state index in [4.69, 9.17) is 34.7 Å². The fourth-order valence-electron chi connectivity index (χ4n) is 2.00. The smallest absolute Gasteiger partial charge is 0.156 e. The van der Waals surface area contributed by atoms with Gasteiger partial charge in [0.2, 0.25) is 0 Å². The zero-order chi connectivity index (χ0) is 14.8. The molecule has 0 radical (unpaired) electrons. The van der Waals surface area contributed by atoms with Crippen molar-refractivity contribution in [1.29, 1.82) is 0 Å². The van der Waals surface area contributed by atoms with Crippen LogP contribution in [0.5, 0.6) is 0 Å². The third-order valence-electron chi connectivity index (χ3n) is 3.12. The minimum atomic E-state index is -1.52. The number of aliphatic hydroxyl groups is 1. The molecule has 0 atom stereocenters. The maximum Gasteiger partial charge on any atom is 0.156 e. The highest BCUT2D eigenvalue weighted by atomic mass is 35.5. The molecule has 3 nitrogen and oxygen atoms in total. The van der Waals surface area contributed by atoms with Gasteiger partial charge in [0.05, 0.1) is 5.70 Å². The molecule has 0 aliphatic carbocycles. The van der Waals surface area contributed by atoms with Crippen molar-refractivity contribution in [3.05, 3.63) is 81.6 Å². The summed E-state index contributed by atoms with van der Waals surface area (Å²) in [6, 6.07) is 13.5. The summed E-state index contributed by atoms with van der Waals surface area (Å²) in [7, 11) is 0.